The quantitative estimate of drug-likeness (QED) is 0.533. The molecule has 0 fully saturated rings. The van der Waals surface area contributed by atoms with Crippen molar-refractivity contribution in [2.24, 2.45) is 0 Å². The molecule has 0 bridgehead atoms. The van der Waals surface area contributed by atoms with Crippen LogP contribution in [0.3, 0.4) is 0 Å². The number of aliphatic hydroxyl groups is 1. The van der Waals surface area contributed by atoms with Crippen LogP contribution < -0.4 is 0 Å². The van der Waals surface area contributed by atoms with Crippen molar-refractivity contribution >= 4 is 0 Å². The van der Waals surface area contributed by atoms with E-state index in [4.69, 9.17) is 5.11 Å². The summed E-state index contributed by atoms with van der Waals surface area (Å²) in [5, 5.41) is 9.05. The van der Waals surface area contributed by atoms with Crippen molar-refractivity contribution in [3.8, 4) is 0 Å². The predicted molar refractivity (Wildman–Crippen MR) is 81.2 cm³/mol. The molecule has 0 aliphatic rings. The Bertz CT molecular complexity index is 367. The number of pyridine rings is 1. The summed E-state index contributed by atoms with van der Waals surface area (Å²) in [4.78, 5) is 4.42. The molecule has 0 amide bonds. The first-order valence-corrected chi connectivity index (χ1v) is 7.46. The molecule has 0 unspecified atom stereocenters. The van der Waals surface area contributed by atoms with E-state index in [1.807, 2.05) is 6.20 Å². The van der Waals surface area contributed by atoms with Crippen LogP contribution in [0.5, 0.6) is 0 Å². The molecule has 0 aliphatic heterocycles. The average Bonchev–Trinajstić information content (AvgIpc) is 2.42. The monoisotopic (exact) mass is 261 g/mol. The van der Waals surface area contributed by atoms with Gasteiger partial charge in [0.2, 0.25) is 0 Å². The Morgan fingerprint density at radius 2 is 2.11 bits per heavy atom. The molecule has 1 aromatic heterocycles. The van der Waals surface area contributed by atoms with Gasteiger partial charge in [0.1, 0.15) is 0 Å². The lowest BCUT2D eigenvalue weighted by molar-refractivity contribution is 0.297. The minimum atomic E-state index is 0.273. The Hall–Kier alpha value is -1.15. The van der Waals surface area contributed by atoms with Crippen molar-refractivity contribution in [3.63, 3.8) is 0 Å². The third kappa shape index (κ3) is 7.12. The van der Waals surface area contributed by atoms with E-state index in [1.165, 1.54) is 29.7 Å². The molecule has 106 valence electrons. The summed E-state index contributed by atoms with van der Waals surface area (Å²) in [7, 11) is 0. The van der Waals surface area contributed by atoms with Gasteiger partial charge in [-0.3, -0.25) is 4.98 Å². The molecule has 0 radical (unpaired) electrons. The molecule has 0 aromatic carbocycles. The largest absolute Gasteiger partial charge is 0.396 e. The van der Waals surface area contributed by atoms with Gasteiger partial charge in [0.15, 0.2) is 0 Å². The van der Waals surface area contributed by atoms with Gasteiger partial charge >= 0.3 is 0 Å². The van der Waals surface area contributed by atoms with Crippen LogP contribution in [0, 0.1) is 6.92 Å². The highest BCUT2D eigenvalue weighted by Crippen LogP contribution is 2.13. The summed E-state index contributed by atoms with van der Waals surface area (Å²) in [6.45, 7) is 4.54. The molecular weight excluding hydrogens is 234 g/mol. The van der Waals surface area contributed by atoms with Crippen molar-refractivity contribution < 1.29 is 5.11 Å². The Morgan fingerprint density at radius 3 is 2.74 bits per heavy atom. The topological polar surface area (TPSA) is 33.1 Å². The van der Waals surface area contributed by atoms with E-state index in [9.17, 15) is 0 Å². The fourth-order valence-corrected chi connectivity index (χ4v) is 2.11. The Morgan fingerprint density at radius 1 is 1.26 bits per heavy atom. The normalized spacial score (nSPS) is 11.8. The Labute approximate surface area is 117 Å². The van der Waals surface area contributed by atoms with Crippen LogP contribution in [0.1, 0.15) is 56.7 Å². The molecule has 0 aliphatic carbocycles. The van der Waals surface area contributed by atoms with E-state index in [1.54, 1.807) is 0 Å². The van der Waals surface area contributed by atoms with Gasteiger partial charge in [-0.1, -0.05) is 31.1 Å². The molecule has 2 heteroatoms. The number of nitrogens with zero attached hydrogens (tertiary/aromatic N) is 1. The highest BCUT2D eigenvalue weighted by molar-refractivity contribution is 5.12. The van der Waals surface area contributed by atoms with Crippen molar-refractivity contribution in [2.75, 3.05) is 6.61 Å². The molecular formula is C17H27NO. The second-order valence-corrected chi connectivity index (χ2v) is 5.16. The molecule has 19 heavy (non-hydrogen) atoms. The fourth-order valence-electron chi connectivity index (χ4n) is 2.11. The SMILES string of the molecule is CCCCC(=CCCCc1ccc(C)cn1)CCO. The number of hydrogen-bond donors (Lipinski definition) is 1. The first kappa shape index (κ1) is 15.9. The third-order valence-electron chi connectivity index (χ3n) is 3.33. The standard InChI is InChI=1S/C17H27NO/c1-3-4-7-16(12-13-19)8-5-6-9-17-11-10-15(2)14-18-17/h8,10-11,14,19H,3-7,9,12-13H2,1-2H3. The van der Waals surface area contributed by atoms with Crippen molar-refractivity contribution in [1.29, 1.82) is 0 Å². The maximum absolute atomic E-state index is 9.05. The zero-order valence-corrected chi connectivity index (χ0v) is 12.4. The number of hydrogen-bond acceptors (Lipinski definition) is 2. The number of aliphatic hydroxyl groups excluding tert-OH is 1. The third-order valence-corrected chi connectivity index (χ3v) is 3.33. The summed E-state index contributed by atoms with van der Waals surface area (Å²) in [5.74, 6) is 0. The summed E-state index contributed by atoms with van der Waals surface area (Å²) in [5.41, 5.74) is 3.81. The van der Waals surface area contributed by atoms with Crippen LogP contribution >= 0.6 is 0 Å². The fraction of sp³-hybridized carbons (Fsp3) is 0.588. The van der Waals surface area contributed by atoms with Gasteiger partial charge in [-0.15, -0.1) is 0 Å². The summed E-state index contributed by atoms with van der Waals surface area (Å²) >= 11 is 0. The highest BCUT2D eigenvalue weighted by Gasteiger charge is 1.98. The lowest BCUT2D eigenvalue weighted by Gasteiger charge is -2.05. The number of aryl methyl sites for hydroxylation is 2. The Balaban J connectivity index is 2.31. The van der Waals surface area contributed by atoms with Crippen LogP contribution in [-0.2, 0) is 6.42 Å². The molecule has 1 N–H and O–H groups in total. The maximum Gasteiger partial charge on any atom is 0.0468 e. The van der Waals surface area contributed by atoms with Gasteiger partial charge in [-0.05, 0) is 57.1 Å². The lowest BCUT2D eigenvalue weighted by atomic mass is 10.0. The van der Waals surface area contributed by atoms with Gasteiger partial charge in [0, 0.05) is 18.5 Å². The smallest absolute Gasteiger partial charge is 0.0468 e. The van der Waals surface area contributed by atoms with E-state index >= 15 is 0 Å². The molecule has 1 heterocycles. The van der Waals surface area contributed by atoms with E-state index < -0.39 is 0 Å². The van der Waals surface area contributed by atoms with E-state index in [-0.39, 0.29) is 6.61 Å². The van der Waals surface area contributed by atoms with Gasteiger partial charge < -0.3 is 5.11 Å². The minimum absolute atomic E-state index is 0.273. The molecule has 0 atom stereocenters. The molecule has 1 aromatic rings. The van der Waals surface area contributed by atoms with Gasteiger partial charge in [-0.25, -0.2) is 0 Å². The first-order valence-electron chi connectivity index (χ1n) is 7.46. The summed E-state index contributed by atoms with van der Waals surface area (Å²) in [6, 6.07) is 4.24. The number of rotatable bonds is 9. The Kier molecular flexibility index (Phi) is 8.15. The van der Waals surface area contributed by atoms with Crippen LogP contribution in [0.4, 0.5) is 0 Å². The molecule has 0 spiro atoms. The molecule has 2 nitrogen and oxygen atoms in total. The van der Waals surface area contributed by atoms with Crippen LogP contribution in [-0.4, -0.2) is 16.7 Å². The molecule has 0 saturated heterocycles. The second-order valence-electron chi connectivity index (χ2n) is 5.16. The first-order chi connectivity index (χ1) is 9.26. The molecule has 1 rings (SSSR count). The highest BCUT2D eigenvalue weighted by atomic mass is 16.2. The predicted octanol–water partition coefficient (Wildman–Crippen LogP) is 4.21. The van der Waals surface area contributed by atoms with Crippen LogP contribution in [0.25, 0.3) is 0 Å². The van der Waals surface area contributed by atoms with Crippen LogP contribution in [0.2, 0.25) is 0 Å². The van der Waals surface area contributed by atoms with E-state index in [0.717, 1.165) is 32.1 Å². The van der Waals surface area contributed by atoms with E-state index in [2.05, 4.69) is 37.0 Å². The summed E-state index contributed by atoms with van der Waals surface area (Å²) in [6.07, 6.45) is 11.9. The van der Waals surface area contributed by atoms with Crippen molar-refractivity contribution in [1.82, 2.24) is 4.98 Å². The number of allylic oxidation sites excluding steroid dienone is 1. The zero-order valence-electron chi connectivity index (χ0n) is 12.4. The van der Waals surface area contributed by atoms with E-state index in [0.29, 0.717) is 0 Å². The van der Waals surface area contributed by atoms with Crippen molar-refractivity contribution in [2.45, 2.75) is 58.8 Å². The lowest BCUT2D eigenvalue weighted by Crippen LogP contribution is -1.92. The zero-order chi connectivity index (χ0) is 13.9. The maximum atomic E-state index is 9.05. The summed E-state index contributed by atoms with van der Waals surface area (Å²) < 4.78 is 0. The van der Waals surface area contributed by atoms with Crippen LogP contribution in [0.15, 0.2) is 30.0 Å². The molecule has 0 saturated carbocycles. The van der Waals surface area contributed by atoms with Gasteiger partial charge in [-0.2, -0.15) is 0 Å². The minimum Gasteiger partial charge on any atom is -0.396 e. The number of aromatic nitrogens is 1. The van der Waals surface area contributed by atoms with Gasteiger partial charge in [0.05, 0.1) is 0 Å². The second kappa shape index (κ2) is 9.74. The number of unbranched alkanes of at least 4 members (excludes halogenated alkanes) is 2. The average molecular weight is 261 g/mol. The van der Waals surface area contributed by atoms with Gasteiger partial charge in [0.25, 0.3) is 0 Å². The van der Waals surface area contributed by atoms with Crippen molar-refractivity contribution in [3.05, 3.63) is 41.2 Å².